The van der Waals surface area contributed by atoms with Crippen LogP contribution in [-0.4, -0.2) is 44.8 Å². The SMILES string of the molecule is CCCCN(C)S(=O)(=O)c1ccc(NC(=O)C[NH2+]C2CCCCCCC2)cc1. The van der Waals surface area contributed by atoms with Gasteiger partial charge in [-0.3, -0.25) is 4.79 Å². The highest BCUT2D eigenvalue weighted by Gasteiger charge is 2.20. The van der Waals surface area contributed by atoms with E-state index in [1.165, 1.54) is 49.3 Å². The van der Waals surface area contributed by atoms with E-state index in [-0.39, 0.29) is 10.8 Å². The minimum Gasteiger partial charge on any atom is -0.336 e. The molecule has 0 radical (unpaired) electrons. The lowest BCUT2D eigenvalue weighted by Gasteiger charge is -2.18. The van der Waals surface area contributed by atoms with Crippen LogP contribution in [0.25, 0.3) is 0 Å². The van der Waals surface area contributed by atoms with Gasteiger partial charge in [0.15, 0.2) is 6.54 Å². The normalized spacial score (nSPS) is 16.5. The van der Waals surface area contributed by atoms with Gasteiger partial charge in [0.05, 0.1) is 10.9 Å². The average Bonchev–Trinajstić information content (AvgIpc) is 2.65. The summed E-state index contributed by atoms with van der Waals surface area (Å²) < 4.78 is 26.5. The van der Waals surface area contributed by atoms with E-state index in [0.29, 0.717) is 24.8 Å². The Kier molecular flexibility index (Phi) is 9.41. The lowest BCUT2D eigenvalue weighted by atomic mass is 9.97. The standard InChI is InChI=1S/C21H35N3O3S/c1-3-4-16-24(2)28(26,27)20-14-12-19(13-15-20)23-21(25)17-22-18-10-8-6-5-7-9-11-18/h12-15,18,22H,3-11,16-17H2,1-2H3,(H,23,25)/p+1. The van der Waals surface area contributed by atoms with E-state index in [9.17, 15) is 13.2 Å². The molecule has 6 nitrogen and oxygen atoms in total. The molecule has 1 saturated carbocycles. The molecule has 1 fully saturated rings. The van der Waals surface area contributed by atoms with Gasteiger partial charge in [-0.15, -0.1) is 0 Å². The number of nitrogens with zero attached hydrogens (tertiary/aromatic N) is 1. The smallest absolute Gasteiger partial charge is 0.279 e. The molecule has 0 spiro atoms. The first kappa shape index (κ1) is 22.8. The van der Waals surface area contributed by atoms with Gasteiger partial charge in [-0.1, -0.05) is 32.6 Å². The third kappa shape index (κ3) is 7.18. The van der Waals surface area contributed by atoms with Crippen molar-refractivity contribution in [2.45, 2.75) is 75.6 Å². The van der Waals surface area contributed by atoms with Crippen LogP contribution in [0.2, 0.25) is 0 Å². The summed E-state index contributed by atoms with van der Waals surface area (Å²) in [4.78, 5) is 12.5. The number of carbonyl (C=O) groups excluding carboxylic acids is 1. The van der Waals surface area contributed by atoms with Crippen LogP contribution < -0.4 is 10.6 Å². The van der Waals surface area contributed by atoms with Crippen molar-refractivity contribution < 1.29 is 18.5 Å². The topological polar surface area (TPSA) is 83.1 Å². The molecule has 0 heterocycles. The number of nitrogens with one attached hydrogen (secondary N) is 1. The molecule has 0 bridgehead atoms. The number of carbonyl (C=O) groups is 1. The highest BCUT2D eigenvalue weighted by atomic mass is 32.2. The summed E-state index contributed by atoms with van der Waals surface area (Å²) in [6.07, 6.45) is 10.6. The molecule has 28 heavy (non-hydrogen) atoms. The second-order valence-corrected chi connectivity index (χ2v) is 9.84. The maximum absolute atomic E-state index is 12.5. The van der Waals surface area contributed by atoms with E-state index in [0.717, 1.165) is 12.8 Å². The molecule has 7 heteroatoms. The van der Waals surface area contributed by atoms with Crippen LogP contribution in [0.3, 0.4) is 0 Å². The zero-order chi connectivity index (χ0) is 20.4. The minimum absolute atomic E-state index is 0.0438. The summed E-state index contributed by atoms with van der Waals surface area (Å²) >= 11 is 0. The molecule has 0 aromatic heterocycles. The molecule has 158 valence electrons. The van der Waals surface area contributed by atoms with E-state index in [4.69, 9.17) is 0 Å². The quantitative estimate of drug-likeness (QED) is 0.657. The summed E-state index contributed by atoms with van der Waals surface area (Å²) in [6.45, 7) is 2.95. The molecule has 0 unspecified atom stereocenters. The summed E-state index contributed by atoms with van der Waals surface area (Å²) in [5, 5.41) is 5.03. The number of nitrogens with two attached hydrogens (primary N) is 1. The number of unbranched alkanes of at least 4 members (excludes halogenated alkanes) is 1. The Morgan fingerprint density at radius 2 is 1.71 bits per heavy atom. The molecule has 1 aromatic rings. The molecule has 1 aliphatic carbocycles. The maximum atomic E-state index is 12.5. The van der Waals surface area contributed by atoms with Crippen molar-refractivity contribution in [3.05, 3.63) is 24.3 Å². The van der Waals surface area contributed by atoms with Gasteiger partial charge < -0.3 is 10.6 Å². The van der Waals surface area contributed by atoms with Gasteiger partial charge >= 0.3 is 0 Å². The van der Waals surface area contributed by atoms with E-state index >= 15 is 0 Å². The van der Waals surface area contributed by atoms with Crippen LogP contribution in [0, 0.1) is 0 Å². The largest absolute Gasteiger partial charge is 0.336 e. The molecule has 3 N–H and O–H groups in total. The Bertz CT molecular complexity index is 696. The van der Waals surface area contributed by atoms with Crippen LogP contribution in [0.15, 0.2) is 29.2 Å². The van der Waals surface area contributed by atoms with Crippen molar-refractivity contribution in [2.24, 2.45) is 0 Å². The number of hydrogen-bond donors (Lipinski definition) is 2. The Morgan fingerprint density at radius 3 is 2.32 bits per heavy atom. The van der Waals surface area contributed by atoms with Crippen LogP contribution in [0.4, 0.5) is 5.69 Å². The summed E-state index contributed by atoms with van der Waals surface area (Å²) in [5.74, 6) is -0.0438. The second kappa shape index (κ2) is 11.5. The third-order valence-electron chi connectivity index (χ3n) is 5.46. The number of rotatable bonds is 9. The van der Waals surface area contributed by atoms with Gasteiger partial charge in [0.1, 0.15) is 0 Å². The predicted molar refractivity (Wildman–Crippen MR) is 113 cm³/mol. The summed E-state index contributed by atoms with van der Waals surface area (Å²) in [6, 6.07) is 6.98. The number of amides is 1. The van der Waals surface area contributed by atoms with Crippen LogP contribution >= 0.6 is 0 Å². The molecule has 0 atom stereocenters. The average molecular weight is 411 g/mol. The van der Waals surface area contributed by atoms with E-state index in [2.05, 4.69) is 10.6 Å². The highest BCUT2D eigenvalue weighted by molar-refractivity contribution is 7.89. The third-order valence-corrected chi connectivity index (χ3v) is 7.33. The van der Waals surface area contributed by atoms with Crippen LogP contribution in [0.5, 0.6) is 0 Å². The van der Waals surface area contributed by atoms with Crippen molar-refractivity contribution >= 4 is 21.6 Å². The molecule has 2 rings (SSSR count). The summed E-state index contributed by atoms with van der Waals surface area (Å²) in [7, 11) is -1.87. The molecule has 0 aliphatic heterocycles. The lowest BCUT2D eigenvalue weighted by molar-refractivity contribution is -0.680. The van der Waals surface area contributed by atoms with Crippen molar-refractivity contribution in [1.82, 2.24) is 4.31 Å². The molecular weight excluding hydrogens is 374 g/mol. The van der Waals surface area contributed by atoms with Crippen molar-refractivity contribution in [1.29, 1.82) is 0 Å². The monoisotopic (exact) mass is 410 g/mol. The fourth-order valence-corrected chi connectivity index (χ4v) is 4.81. The first-order valence-corrected chi connectivity index (χ1v) is 12.1. The number of hydrogen-bond acceptors (Lipinski definition) is 3. The molecular formula is C21H36N3O3S+. The first-order valence-electron chi connectivity index (χ1n) is 10.6. The second-order valence-electron chi connectivity index (χ2n) is 7.80. The Balaban J connectivity index is 1.84. The highest BCUT2D eigenvalue weighted by Crippen LogP contribution is 2.18. The minimum atomic E-state index is -3.47. The zero-order valence-electron chi connectivity index (χ0n) is 17.3. The van der Waals surface area contributed by atoms with Gasteiger partial charge in [-0.2, -0.15) is 0 Å². The number of anilines is 1. The summed E-state index contributed by atoms with van der Waals surface area (Å²) in [5.41, 5.74) is 0.631. The van der Waals surface area contributed by atoms with Gasteiger partial charge in [-0.25, -0.2) is 12.7 Å². The maximum Gasteiger partial charge on any atom is 0.279 e. The van der Waals surface area contributed by atoms with Crippen molar-refractivity contribution in [3.63, 3.8) is 0 Å². The molecule has 1 aromatic carbocycles. The molecule has 1 amide bonds. The molecule has 1 aliphatic rings. The van der Waals surface area contributed by atoms with Crippen LogP contribution in [0.1, 0.15) is 64.7 Å². The lowest BCUT2D eigenvalue weighted by Crippen LogP contribution is -2.91. The first-order chi connectivity index (χ1) is 13.4. The molecule has 0 saturated heterocycles. The Morgan fingerprint density at radius 1 is 1.11 bits per heavy atom. The van der Waals surface area contributed by atoms with E-state index < -0.39 is 10.0 Å². The number of benzene rings is 1. The van der Waals surface area contributed by atoms with Crippen molar-refractivity contribution in [3.8, 4) is 0 Å². The van der Waals surface area contributed by atoms with Gasteiger partial charge in [0, 0.05) is 19.3 Å². The Labute approximate surface area is 170 Å². The zero-order valence-corrected chi connectivity index (χ0v) is 18.1. The fraction of sp³-hybridized carbons (Fsp3) is 0.667. The van der Waals surface area contributed by atoms with Gasteiger partial charge in [-0.05, 0) is 56.4 Å². The fourth-order valence-electron chi connectivity index (χ4n) is 3.60. The van der Waals surface area contributed by atoms with E-state index in [1.54, 1.807) is 31.3 Å². The van der Waals surface area contributed by atoms with Crippen LogP contribution in [-0.2, 0) is 14.8 Å². The van der Waals surface area contributed by atoms with Crippen molar-refractivity contribution in [2.75, 3.05) is 25.5 Å². The number of quaternary nitrogens is 1. The van der Waals surface area contributed by atoms with Gasteiger partial charge in [0.25, 0.3) is 5.91 Å². The van der Waals surface area contributed by atoms with Gasteiger partial charge in [0.2, 0.25) is 10.0 Å². The Hall–Kier alpha value is -1.44. The number of sulfonamides is 1. The predicted octanol–water partition coefficient (Wildman–Crippen LogP) is 2.72. The van der Waals surface area contributed by atoms with E-state index in [1.807, 2.05) is 6.92 Å².